The third-order valence-electron chi connectivity index (χ3n) is 4.53. The topological polar surface area (TPSA) is 55.8 Å². The third kappa shape index (κ3) is 6.31. The van der Waals surface area contributed by atoms with Crippen LogP contribution in [-0.2, 0) is 27.8 Å². The molecular formula is C23H30O4. The third-order valence-corrected chi connectivity index (χ3v) is 4.53. The van der Waals surface area contributed by atoms with Crippen LogP contribution < -0.4 is 4.74 Å². The minimum atomic E-state index is -0.280. The van der Waals surface area contributed by atoms with Crippen LogP contribution in [0.25, 0.3) is 0 Å². The van der Waals surface area contributed by atoms with Crippen molar-refractivity contribution >= 4 is 5.97 Å². The molecule has 0 amide bonds. The molecular weight excluding hydrogens is 340 g/mol. The minimum Gasteiger partial charge on any atom is -0.504 e. The second kappa shape index (κ2) is 8.94. The molecule has 2 aromatic carbocycles. The SMILES string of the molecule is COc1cc(CC(=O)OCC(C)Cc2ccc(C(C)(C)C)cc2)ccc1O. The number of rotatable bonds is 7. The van der Waals surface area contributed by atoms with Crippen LogP contribution in [0.3, 0.4) is 0 Å². The van der Waals surface area contributed by atoms with Crippen LogP contribution in [0.1, 0.15) is 44.4 Å². The number of hydrogen-bond donors (Lipinski definition) is 1. The van der Waals surface area contributed by atoms with E-state index in [2.05, 4.69) is 52.0 Å². The first kappa shape index (κ1) is 20.8. The van der Waals surface area contributed by atoms with Gasteiger partial charge in [-0.2, -0.15) is 0 Å². The average molecular weight is 370 g/mol. The molecule has 0 fully saturated rings. The van der Waals surface area contributed by atoms with E-state index in [-0.39, 0.29) is 29.5 Å². The summed E-state index contributed by atoms with van der Waals surface area (Å²) in [5.41, 5.74) is 3.46. The quantitative estimate of drug-likeness (QED) is 0.720. The molecule has 0 saturated carbocycles. The van der Waals surface area contributed by atoms with Crippen LogP contribution in [0.15, 0.2) is 42.5 Å². The molecule has 0 saturated heterocycles. The Balaban J connectivity index is 1.82. The summed E-state index contributed by atoms with van der Waals surface area (Å²) in [7, 11) is 1.48. The molecule has 1 atom stereocenters. The molecule has 0 bridgehead atoms. The van der Waals surface area contributed by atoms with Crippen molar-refractivity contribution in [1.82, 2.24) is 0 Å². The molecule has 4 heteroatoms. The Hall–Kier alpha value is -2.49. The summed E-state index contributed by atoms with van der Waals surface area (Å²) in [5, 5.41) is 9.61. The number of aromatic hydroxyl groups is 1. The summed E-state index contributed by atoms with van der Waals surface area (Å²) < 4.78 is 10.5. The monoisotopic (exact) mass is 370 g/mol. The van der Waals surface area contributed by atoms with E-state index >= 15 is 0 Å². The number of phenolic OH excluding ortho intramolecular Hbond substituents is 1. The van der Waals surface area contributed by atoms with Gasteiger partial charge in [-0.3, -0.25) is 4.79 Å². The lowest BCUT2D eigenvalue weighted by molar-refractivity contribution is -0.144. The summed E-state index contributed by atoms with van der Waals surface area (Å²) in [6.45, 7) is 9.07. The Labute approximate surface area is 162 Å². The molecule has 2 aromatic rings. The minimum absolute atomic E-state index is 0.0562. The van der Waals surface area contributed by atoms with Crippen molar-refractivity contribution in [2.24, 2.45) is 5.92 Å². The molecule has 0 aliphatic carbocycles. The van der Waals surface area contributed by atoms with Crippen molar-refractivity contribution in [3.05, 3.63) is 59.2 Å². The van der Waals surface area contributed by atoms with Crippen LogP contribution in [0.2, 0.25) is 0 Å². The zero-order valence-electron chi connectivity index (χ0n) is 16.9. The van der Waals surface area contributed by atoms with Gasteiger partial charge in [0.2, 0.25) is 0 Å². The molecule has 4 nitrogen and oxygen atoms in total. The van der Waals surface area contributed by atoms with Crippen molar-refractivity contribution in [3.8, 4) is 11.5 Å². The molecule has 1 unspecified atom stereocenters. The maximum atomic E-state index is 12.1. The van der Waals surface area contributed by atoms with E-state index < -0.39 is 0 Å². The Morgan fingerprint density at radius 3 is 2.30 bits per heavy atom. The van der Waals surface area contributed by atoms with Crippen LogP contribution in [0.5, 0.6) is 11.5 Å². The lowest BCUT2D eigenvalue weighted by atomic mass is 9.86. The fourth-order valence-corrected chi connectivity index (χ4v) is 2.89. The Morgan fingerprint density at radius 2 is 1.70 bits per heavy atom. The van der Waals surface area contributed by atoms with Crippen molar-refractivity contribution in [1.29, 1.82) is 0 Å². The van der Waals surface area contributed by atoms with Gasteiger partial charge in [0.1, 0.15) is 0 Å². The number of benzene rings is 2. The summed E-state index contributed by atoms with van der Waals surface area (Å²) in [6.07, 6.45) is 1.02. The zero-order chi connectivity index (χ0) is 20.0. The average Bonchev–Trinajstić information content (AvgIpc) is 2.61. The highest BCUT2D eigenvalue weighted by molar-refractivity contribution is 5.73. The number of methoxy groups -OCH3 is 1. The van der Waals surface area contributed by atoms with Crippen molar-refractivity contribution in [2.45, 2.75) is 46.0 Å². The largest absolute Gasteiger partial charge is 0.504 e. The van der Waals surface area contributed by atoms with E-state index in [1.807, 2.05) is 0 Å². The lowest BCUT2D eigenvalue weighted by Crippen LogP contribution is -2.15. The predicted molar refractivity (Wildman–Crippen MR) is 107 cm³/mol. The van der Waals surface area contributed by atoms with Gasteiger partial charge >= 0.3 is 5.97 Å². The maximum Gasteiger partial charge on any atom is 0.310 e. The number of ether oxygens (including phenoxy) is 2. The first-order valence-electron chi connectivity index (χ1n) is 9.30. The fraction of sp³-hybridized carbons (Fsp3) is 0.435. The van der Waals surface area contributed by atoms with Crippen LogP contribution in [0, 0.1) is 5.92 Å². The van der Waals surface area contributed by atoms with Gasteiger partial charge in [-0.15, -0.1) is 0 Å². The van der Waals surface area contributed by atoms with E-state index in [4.69, 9.17) is 9.47 Å². The summed E-state index contributed by atoms with van der Waals surface area (Å²) >= 11 is 0. The number of hydrogen-bond acceptors (Lipinski definition) is 4. The molecule has 0 radical (unpaired) electrons. The first-order chi connectivity index (χ1) is 12.7. The van der Waals surface area contributed by atoms with Gasteiger partial charge in [0.25, 0.3) is 0 Å². The normalized spacial score (nSPS) is 12.5. The molecule has 0 aliphatic heterocycles. The highest BCUT2D eigenvalue weighted by Crippen LogP contribution is 2.26. The van der Waals surface area contributed by atoms with E-state index in [1.165, 1.54) is 24.3 Å². The lowest BCUT2D eigenvalue weighted by Gasteiger charge is -2.19. The number of carbonyl (C=O) groups excluding carboxylic acids is 1. The molecule has 0 aromatic heterocycles. The van der Waals surface area contributed by atoms with Gasteiger partial charge in [-0.25, -0.2) is 0 Å². The van der Waals surface area contributed by atoms with Crippen molar-refractivity contribution < 1.29 is 19.4 Å². The van der Waals surface area contributed by atoms with E-state index in [0.29, 0.717) is 12.4 Å². The molecule has 0 aliphatic rings. The first-order valence-corrected chi connectivity index (χ1v) is 9.30. The highest BCUT2D eigenvalue weighted by atomic mass is 16.5. The van der Waals surface area contributed by atoms with Gasteiger partial charge in [0.15, 0.2) is 11.5 Å². The predicted octanol–water partition coefficient (Wildman–Crippen LogP) is 4.66. The maximum absolute atomic E-state index is 12.1. The number of phenols is 1. The fourth-order valence-electron chi connectivity index (χ4n) is 2.89. The van der Waals surface area contributed by atoms with E-state index in [0.717, 1.165) is 12.0 Å². The Kier molecular flexibility index (Phi) is 6.89. The van der Waals surface area contributed by atoms with Gasteiger partial charge < -0.3 is 14.6 Å². The van der Waals surface area contributed by atoms with Crippen LogP contribution in [-0.4, -0.2) is 24.8 Å². The highest BCUT2D eigenvalue weighted by Gasteiger charge is 2.14. The van der Waals surface area contributed by atoms with E-state index in [1.54, 1.807) is 12.1 Å². The standard InChI is InChI=1S/C23H30O4/c1-16(12-17-6-9-19(10-7-17)23(2,3)4)15-27-22(25)14-18-8-11-20(24)21(13-18)26-5/h6-11,13,16,24H,12,14-15H2,1-5H3. The second-order valence-corrected chi connectivity index (χ2v) is 8.12. The van der Waals surface area contributed by atoms with E-state index in [9.17, 15) is 9.90 Å². The smallest absolute Gasteiger partial charge is 0.310 e. The van der Waals surface area contributed by atoms with Crippen LogP contribution in [0.4, 0.5) is 0 Å². The molecule has 146 valence electrons. The van der Waals surface area contributed by atoms with Gasteiger partial charge in [0, 0.05) is 0 Å². The Bertz CT molecular complexity index is 757. The van der Waals surface area contributed by atoms with Gasteiger partial charge in [-0.05, 0) is 46.6 Å². The summed E-state index contributed by atoms with van der Waals surface area (Å²) in [5.74, 6) is 0.370. The molecule has 0 heterocycles. The zero-order valence-corrected chi connectivity index (χ0v) is 16.9. The molecule has 2 rings (SSSR count). The number of carbonyl (C=O) groups is 1. The Morgan fingerprint density at radius 1 is 1.07 bits per heavy atom. The second-order valence-electron chi connectivity index (χ2n) is 8.12. The molecule has 27 heavy (non-hydrogen) atoms. The summed E-state index contributed by atoms with van der Waals surface area (Å²) in [6, 6.07) is 13.5. The number of esters is 1. The molecule has 0 spiro atoms. The molecule has 1 N–H and O–H groups in total. The van der Waals surface area contributed by atoms with Crippen molar-refractivity contribution in [3.63, 3.8) is 0 Å². The van der Waals surface area contributed by atoms with Gasteiger partial charge in [0.05, 0.1) is 20.1 Å². The summed E-state index contributed by atoms with van der Waals surface area (Å²) in [4.78, 5) is 12.1. The van der Waals surface area contributed by atoms with Crippen molar-refractivity contribution in [2.75, 3.05) is 13.7 Å². The van der Waals surface area contributed by atoms with Gasteiger partial charge in [-0.1, -0.05) is 58.0 Å². The van der Waals surface area contributed by atoms with Crippen LogP contribution >= 0.6 is 0 Å².